The summed E-state index contributed by atoms with van der Waals surface area (Å²) in [6, 6.07) is 12.0. The molecule has 7 heteroatoms. The van der Waals surface area contributed by atoms with E-state index in [0.717, 1.165) is 16.7 Å². The molecule has 0 saturated heterocycles. The SMILES string of the molecule is Cc1cc(C)cc(Oc2c(C(=O)N[C@@H](C)c3ccc(C(=O)O)cc3)c(C)nn2C)c1. The molecule has 1 aromatic heterocycles. The Bertz CT molecular complexity index is 1080. The number of rotatable bonds is 6. The summed E-state index contributed by atoms with van der Waals surface area (Å²) in [5.74, 6) is -0.294. The average molecular weight is 407 g/mol. The predicted octanol–water partition coefficient (Wildman–Crippen LogP) is 4.33. The summed E-state index contributed by atoms with van der Waals surface area (Å²) in [5, 5.41) is 16.3. The molecule has 0 spiro atoms. The fourth-order valence-corrected chi connectivity index (χ4v) is 3.39. The van der Waals surface area contributed by atoms with Crippen LogP contribution >= 0.6 is 0 Å². The molecule has 7 nitrogen and oxygen atoms in total. The van der Waals surface area contributed by atoms with E-state index in [9.17, 15) is 9.59 Å². The van der Waals surface area contributed by atoms with Gasteiger partial charge >= 0.3 is 5.97 Å². The van der Waals surface area contributed by atoms with E-state index in [4.69, 9.17) is 9.84 Å². The number of carboxylic acid groups (broad SMARTS) is 1. The number of amides is 1. The first-order valence-corrected chi connectivity index (χ1v) is 9.59. The molecule has 0 radical (unpaired) electrons. The number of hydrogen-bond donors (Lipinski definition) is 2. The van der Waals surface area contributed by atoms with Gasteiger partial charge in [-0.2, -0.15) is 5.10 Å². The van der Waals surface area contributed by atoms with Crippen molar-refractivity contribution in [2.75, 3.05) is 0 Å². The summed E-state index contributed by atoms with van der Waals surface area (Å²) < 4.78 is 7.60. The zero-order valence-electron chi connectivity index (χ0n) is 17.7. The van der Waals surface area contributed by atoms with E-state index in [2.05, 4.69) is 10.4 Å². The van der Waals surface area contributed by atoms with Crippen molar-refractivity contribution in [1.82, 2.24) is 15.1 Å². The van der Waals surface area contributed by atoms with Gasteiger partial charge in [0.2, 0.25) is 5.88 Å². The van der Waals surface area contributed by atoms with Crippen molar-refractivity contribution in [3.05, 3.63) is 76.0 Å². The Balaban J connectivity index is 1.84. The molecule has 2 aromatic carbocycles. The molecule has 156 valence electrons. The number of carboxylic acids is 1. The molecule has 0 aliphatic heterocycles. The summed E-state index contributed by atoms with van der Waals surface area (Å²) in [7, 11) is 1.73. The molecule has 1 amide bonds. The number of carbonyl (C=O) groups is 2. The molecule has 0 saturated carbocycles. The smallest absolute Gasteiger partial charge is 0.335 e. The van der Waals surface area contributed by atoms with Gasteiger partial charge < -0.3 is 15.2 Å². The normalized spacial score (nSPS) is 11.8. The first-order valence-electron chi connectivity index (χ1n) is 9.59. The van der Waals surface area contributed by atoms with Gasteiger partial charge in [0, 0.05) is 7.05 Å². The number of hydrogen-bond acceptors (Lipinski definition) is 4. The van der Waals surface area contributed by atoms with Gasteiger partial charge in [-0.05, 0) is 68.7 Å². The lowest BCUT2D eigenvalue weighted by molar-refractivity contribution is 0.0696. The fourth-order valence-electron chi connectivity index (χ4n) is 3.39. The number of ether oxygens (including phenoxy) is 1. The maximum Gasteiger partial charge on any atom is 0.335 e. The zero-order valence-corrected chi connectivity index (χ0v) is 17.7. The number of carbonyl (C=O) groups excluding carboxylic acids is 1. The molecule has 0 bridgehead atoms. The number of aromatic nitrogens is 2. The number of aromatic carboxylic acids is 1. The molecular formula is C23H25N3O4. The maximum absolute atomic E-state index is 13.0. The molecule has 2 N–H and O–H groups in total. The van der Waals surface area contributed by atoms with E-state index in [0.29, 0.717) is 22.9 Å². The largest absolute Gasteiger partial charge is 0.478 e. The monoisotopic (exact) mass is 407 g/mol. The molecule has 0 unspecified atom stereocenters. The highest BCUT2D eigenvalue weighted by Crippen LogP contribution is 2.29. The predicted molar refractivity (Wildman–Crippen MR) is 113 cm³/mol. The zero-order chi connectivity index (χ0) is 22.0. The maximum atomic E-state index is 13.0. The van der Waals surface area contributed by atoms with Crippen molar-refractivity contribution < 1.29 is 19.4 Å². The fraction of sp³-hybridized carbons (Fsp3) is 0.261. The van der Waals surface area contributed by atoms with Crippen LogP contribution in [0.3, 0.4) is 0 Å². The minimum Gasteiger partial charge on any atom is -0.478 e. The Kier molecular flexibility index (Phi) is 5.91. The number of benzene rings is 2. The van der Waals surface area contributed by atoms with Gasteiger partial charge in [-0.15, -0.1) is 0 Å². The lowest BCUT2D eigenvalue weighted by Gasteiger charge is -2.15. The Morgan fingerprint density at radius 1 is 1.07 bits per heavy atom. The van der Waals surface area contributed by atoms with Crippen LogP contribution in [-0.4, -0.2) is 26.8 Å². The Hall–Kier alpha value is -3.61. The molecule has 1 atom stereocenters. The number of nitrogens with zero attached hydrogens (tertiary/aromatic N) is 2. The van der Waals surface area contributed by atoms with Gasteiger partial charge in [-0.25, -0.2) is 9.48 Å². The van der Waals surface area contributed by atoms with Crippen LogP contribution in [0.2, 0.25) is 0 Å². The van der Waals surface area contributed by atoms with Crippen molar-refractivity contribution in [3.8, 4) is 11.6 Å². The standard InChI is InChI=1S/C23H25N3O4/c1-13-10-14(2)12-19(11-13)30-22-20(16(4)25-26(22)5)21(27)24-15(3)17-6-8-18(9-7-17)23(28)29/h6-12,15H,1-5H3,(H,24,27)(H,28,29)/t15-/m0/s1. The second-order valence-electron chi connectivity index (χ2n) is 7.44. The number of aryl methyl sites for hydroxylation is 4. The molecule has 1 heterocycles. The van der Waals surface area contributed by atoms with Crippen molar-refractivity contribution in [3.63, 3.8) is 0 Å². The molecule has 0 aliphatic rings. The summed E-state index contributed by atoms with van der Waals surface area (Å²) in [4.78, 5) is 24.1. The van der Waals surface area contributed by atoms with Gasteiger partial charge in [-0.1, -0.05) is 18.2 Å². The third kappa shape index (κ3) is 4.51. The van der Waals surface area contributed by atoms with Crippen molar-refractivity contribution in [2.24, 2.45) is 7.05 Å². The first kappa shape index (κ1) is 21.1. The number of nitrogens with one attached hydrogen (secondary N) is 1. The van der Waals surface area contributed by atoms with Crippen LogP contribution in [0.25, 0.3) is 0 Å². The van der Waals surface area contributed by atoms with E-state index < -0.39 is 5.97 Å². The summed E-state index contributed by atoms with van der Waals surface area (Å²) >= 11 is 0. The molecular weight excluding hydrogens is 382 g/mol. The first-order chi connectivity index (χ1) is 14.2. The van der Waals surface area contributed by atoms with Gasteiger partial charge in [0.25, 0.3) is 5.91 Å². The topological polar surface area (TPSA) is 93.4 Å². The minimum absolute atomic E-state index is 0.199. The second-order valence-corrected chi connectivity index (χ2v) is 7.44. The third-order valence-electron chi connectivity index (χ3n) is 4.81. The molecule has 0 fully saturated rings. The van der Waals surface area contributed by atoms with Gasteiger partial charge in [0.1, 0.15) is 11.3 Å². The molecule has 3 rings (SSSR count). The van der Waals surface area contributed by atoms with Crippen molar-refractivity contribution in [2.45, 2.75) is 33.7 Å². The highest BCUT2D eigenvalue weighted by molar-refractivity contribution is 5.98. The van der Waals surface area contributed by atoms with Crippen molar-refractivity contribution >= 4 is 11.9 Å². The highest BCUT2D eigenvalue weighted by atomic mass is 16.5. The second kappa shape index (κ2) is 8.41. The summed E-state index contributed by atoms with van der Waals surface area (Å²) in [6.07, 6.45) is 0. The van der Waals surface area contributed by atoms with Crippen LogP contribution in [0.4, 0.5) is 0 Å². The van der Waals surface area contributed by atoms with Crippen LogP contribution in [0.5, 0.6) is 11.6 Å². The summed E-state index contributed by atoms with van der Waals surface area (Å²) in [5.41, 5.74) is 4.05. The van der Waals surface area contributed by atoms with E-state index in [1.807, 2.05) is 39.0 Å². The van der Waals surface area contributed by atoms with Gasteiger partial charge in [0.15, 0.2) is 0 Å². The average Bonchev–Trinajstić information content (AvgIpc) is 2.94. The van der Waals surface area contributed by atoms with Crippen LogP contribution in [0, 0.1) is 20.8 Å². The van der Waals surface area contributed by atoms with Gasteiger partial charge in [-0.3, -0.25) is 4.79 Å². The lowest BCUT2D eigenvalue weighted by atomic mass is 10.1. The molecule has 0 aliphatic carbocycles. The van der Waals surface area contributed by atoms with Crippen LogP contribution in [-0.2, 0) is 7.05 Å². The lowest BCUT2D eigenvalue weighted by Crippen LogP contribution is -2.27. The minimum atomic E-state index is -0.989. The van der Waals surface area contributed by atoms with Crippen LogP contribution in [0.15, 0.2) is 42.5 Å². The Labute approximate surface area is 175 Å². The van der Waals surface area contributed by atoms with E-state index in [1.54, 1.807) is 30.8 Å². The summed E-state index contributed by atoms with van der Waals surface area (Å²) in [6.45, 7) is 7.57. The molecule has 30 heavy (non-hydrogen) atoms. The Morgan fingerprint density at radius 2 is 1.67 bits per heavy atom. The quantitative estimate of drug-likeness (QED) is 0.634. The van der Waals surface area contributed by atoms with Crippen LogP contribution in [0.1, 0.15) is 56.1 Å². The Morgan fingerprint density at radius 3 is 2.23 bits per heavy atom. The van der Waals surface area contributed by atoms with E-state index in [1.165, 1.54) is 12.1 Å². The van der Waals surface area contributed by atoms with E-state index >= 15 is 0 Å². The third-order valence-corrected chi connectivity index (χ3v) is 4.81. The highest BCUT2D eigenvalue weighted by Gasteiger charge is 2.24. The van der Waals surface area contributed by atoms with E-state index in [-0.39, 0.29) is 17.5 Å². The van der Waals surface area contributed by atoms with Crippen molar-refractivity contribution in [1.29, 1.82) is 0 Å². The van der Waals surface area contributed by atoms with Crippen LogP contribution < -0.4 is 10.1 Å². The van der Waals surface area contributed by atoms with Gasteiger partial charge in [0.05, 0.1) is 17.3 Å². The molecule has 3 aromatic rings.